The average Bonchev–Trinajstić information content (AvgIpc) is 2.39. The molecule has 0 bridgehead atoms. The number of benzene rings is 1. The molecule has 0 amide bonds. The first-order chi connectivity index (χ1) is 8.60. The number of hydrogen-bond acceptors (Lipinski definition) is 2. The third-order valence-corrected chi connectivity index (χ3v) is 5.08. The van der Waals surface area contributed by atoms with Crippen molar-refractivity contribution in [2.75, 3.05) is 6.26 Å². The van der Waals surface area contributed by atoms with Gasteiger partial charge in [-0.1, -0.05) is 35.2 Å². The van der Waals surface area contributed by atoms with E-state index in [1.54, 1.807) is 11.8 Å². The van der Waals surface area contributed by atoms with Gasteiger partial charge in [0.1, 0.15) is 0 Å². The molecule has 1 saturated carbocycles. The van der Waals surface area contributed by atoms with E-state index in [-0.39, 0.29) is 0 Å². The summed E-state index contributed by atoms with van der Waals surface area (Å²) in [6.07, 6.45) is 6.68. The molecule has 0 unspecified atom stereocenters. The van der Waals surface area contributed by atoms with Gasteiger partial charge in [0.15, 0.2) is 0 Å². The maximum atomic E-state index is 11.8. The van der Waals surface area contributed by atoms with Crippen LogP contribution in [0.2, 0.25) is 0 Å². The molecule has 1 fully saturated rings. The average molecular weight is 329 g/mol. The van der Waals surface area contributed by atoms with E-state index < -0.39 is 11.4 Å². The number of aliphatic carboxylic acids is 1. The molecular formula is C14H17BrO2S. The Morgan fingerprint density at radius 2 is 2.00 bits per heavy atom. The summed E-state index contributed by atoms with van der Waals surface area (Å²) < 4.78 is 0.960. The molecule has 0 spiro atoms. The lowest BCUT2D eigenvalue weighted by Crippen LogP contribution is -2.38. The molecule has 2 nitrogen and oxygen atoms in total. The van der Waals surface area contributed by atoms with Crippen molar-refractivity contribution in [2.24, 2.45) is 0 Å². The Bertz CT molecular complexity index is 453. The molecule has 98 valence electrons. The van der Waals surface area contributed by atoms with E-state index in [1.165, 1.54) is 0 Å². The van der Waals surface area contributed by atoms with E-state index in [0.717, 1.165) is 47.0 Å². The largest absolute Gasteiger partial charge is 0.481 e. The van der Waals surface area contributed by atoms with E-state index in [4.69, 9.17) is 0 Å². The highest BCUT2D eigenvalue weighted by atomic mass is 79.9. The van der Waals surface area contributed by atoms with Gasteiger partial charge in [-0.25, -0.2) is 0 Å². The van der Waals surface area contributed by atoms with Gasteiger partial charge in [0.05, 0.1) is 5.41 Å². The van der Waals surface area contributed by atoms with Gasteiger partial charge in [0.2, 0.25) is 0 Å². The van der Waals surface area contributed by atoms with E-state index >= 15 is 0 Å². The third-order valence-electron chi connectivity index (χ3n) is 3.79. The first-order valence-electron chi connectivity index (χ1n) is 6.17. The highest BCUT2D eigenvalue weighted by Crippen LogP contribution is 2.44. The monoisotopic (exact) mass is 328 g/mol. The lowest BCUT2D eigenvalue weighted by Gasteiger charge is -2.35. The second kappa shape index (κ2) is 5.66. The van der Waals surface area contributed by atoms with Crippen LogP contribution in [0.3, 0.4) is 0 Å². The molecule has 0 atom stereocenters. The molecule has 0 aromatic heterocycles. The van der Waals surface area contributed by atoms with Crippen molar-refractivity contribution in [1.82, 2.24) is 0 Å². The van der Waals surface area contributed by atoms with Crippen molar-refractivity contribution in [3.63, 3.8) is 0 Å². The Hall–Kier alpha value is -0.480. The maximum absolute atomic E-state index is 11.8. The van der Waals surface area contributed by atoms with Crippen LogP contribution in [0.1, 0.15) is 37.7 Å². The van der Waals surface area contributed by atoms with Crippen molar-refractivity contribution < 1.29 is 9.90 Å². The molecule has 18 heavy (non-hydrogen) atoms. The van der Waals surface area contributed by atoms with Gasteiger partial charge >= 0.3 is 5.97 Å². The van der Waals surface area contributed by atoms with E-state index in [9.17, 15) is 9.90 Å². The van der Waals surface area contributed by atoms with Gasteiger partial charge in [-0.3, -0.25) is 4.79 Å². The SMILES string of the molecule is CSc1ccc(Br)cc1C1(C(=O)O)CCCCC1. The zero-order valence-corrected chi connectivity index (χ0v) is 12.8. The Labute approximate surface area is 120 Å². The minimum atomic E-state index is -0.680. The Morgan fingerprint density at radius 1 is 1.33 bits per heavy atom. The smallest absolute Gasteiger partial charge is 0.314 e. The predicted octanol–water partition coefficient (Wildman–Crippen LogP) is 4.46. The summed E-state index contributed by atoms with van der Waals surface area (Å²) in [5.41, 5.74) is 0.303. The first kappa shape index (κ1) is 13.9. The number of carboxylic acid groups (broad SMARTS) is 1. The van der Waals surface area contributed by atoms with Crippen molar-refractivity contribution in [1.29, 1.82) is 0 Å². The fourth-order valence-corrected chi connectivity index (χ4v) is 3.85. The van der Waals surface area contributed by atoms with Gasteiger partial charge in [0.25, 0.3) is 0 Å². The summed E-state index contributed by atoms with van der Waals surface area (Å²) >= 11 is 5.09. The first-order valence-corrected chi connectivity index (χ1v) is 8.19. The zero-order valence-electron chi connectivity index (χ0n) is 10.4. The molecule has 1 aromatic carbocycles. The molecule has 0 radical (unpaired) electrons. The van der Waals surface area contributed by atoms with Gasteiger partial charge in [0, 0.05) is 9.37 Å². The summed E-state index contributed by atoms with van der Waals surface area (Å²) in [4.78, 5) is 12.9. The molecule has 4 heteroatoms. The quantitative estimate of drug-likeness (QED) is 0.832. The van der Waals surface area contributed by atoms with E-state index in [1.807, 2.05) is 24.5 Å². The van der Waals surface area contributed by atoms with Crippen LogP contribution in [0.4, 0.5) is 0 Å². The van der Waals surface area contributed by atoms with Gasteiger partial charge in [-0.2, -0.15) is 0 Å². The number of hydrogen-bond donors (Lipinski definition) is 1. The van der Waals surface area contributed by atoms with Crippen LogP contribution in [0.25, 0.3) is 0 Å². The second-order valence-corrected chi connectivity index (χ2v) is 6.56. The van der Waals surface area contributed by atoms with Crippen LogP contribution in [0.15, 0.2) is 27.6 Å². The molecule has 1 aliphatic rings. The summed E-state index contributed by atoms with van der Waals surface area (Å²) in [6.45, 7) is 0. The third kappa shape index (κ3) is 2.45. The van der Waals surface area contributed by atoms with Crippen molar-refractivity contribution in [2.45, 2.75) is 42.4 Å². The molecular weight excluding hydrogens is 312 g/mol. The number of thioether (sulfide) groups is 1. The van der Waals surface area contributed by atoms with Crippen LogP contribution in [0.5, 0.6) is 0 Å². The maximum Gasteiger partial charge on any atom is 0.314 e. The van der Waals surface area contributed by atoms with Crippen LogP contribution < -0.4 is 0 Å². The van der Waals surface area contributed by atoms with Crippen LogP contribution >= 0.6 is 27.7 Å². The summed E-state index contributed by atoms with van der Waals surface area (Å²) in [6, 6.07) is 5.99. The normalized spacial score (nSPS) is 18.6. The molecule has 0 saturated heterocycles. The predicted molar refractivity (Wildman–Crippen MR) is 78.3 cm³/mol. The number of halogens is 1. The molecule has 2 rings (SSSR count). The number of carbonyl (C=O) groups is 1. The molecule has 0 aliphatic heterocycles. The summed E-state index contributed by atoms with van der Waals surface area (Å²) in [7, 11) is 0. The fourth-order valence-electron chi connectivity index (χ4n) is 2.81. The lowest BCUT2D eigenvalue weighted by atomic mass is 9.69. The molecule has 1 aliphatic carbocycles. The van der Waals surface area contributed by atoms with Gasteiger partial charge < -0.3 is 5.11 Å². The van der Waals surface area contributed by atoms with Crippen LogP contribution in [-0.2, 0) is 10.2 Å². The molecule has 1 N–H and O–H groups in total. The van der Waals surface area contributed by atoms with Crippen LogP contribution in [0, 0.1) is 0 Å². The Morgan fingerprint density at radius 3 is 2.56 bits per heavy atom. The second-order valence-electron chi connectivity index (χ2n) is 4.79. The molecule has 1 aromatic rings. The topological polar surface area (TPSA) is 37.3 Å². The van der Waals surface area contributed by atoms with Gasteiger partial charge in [-0.15, -0.1) is 11.8 Å². The summed E-state index contributed by atoms with van der Waals surface area (Å²) in [5, 5.41) is 9.73. The van der Waals surface area contributed by atoms with Crippen molar-refractivity contribution in [3.05, 3.63) is 28.2 Å². The fraction of sp³-hybridized carbons (Fsp3) is 0.500. The van der Waals surface area contributed by atoms with Crippen molar-refractivity contribution in [3.8, 4) is 0 Å². The minimum Gasteiger partial charge on any atom is -0.481 e. The Kier molecular flexibility index (Phi) is 4.38. The zero-order chi connectivity index (χ0) is 13.2. The highest BCUT2D eigenvalue weighted by molar-refractivity contribution is 9.10. The summed E-state index contributed by atoms with van der Waals surface area (Å²) in [5.74, 6) is -0.671. The van der Waals surface area contributed by atoms with Crippen molar-refractivity contribution >= 4 is 33.7 Å². The highest BCUT2D eigenvalue weighted by Gasteiger charge is 2.42. The van der Waals surface area contributed by atoms with Crippen LogP contribution in [-0.4, -0.2) is 17.3 Å². The molecule has 0 heterocycles. The lowest BCUT2D eigenvalue weighted by molar-refractivity contribution is -0.145. The Balaban J connectivity index is 2.54. The minimum absolute atomic E-state index is 0.671. The number of carboxylic acids is 1. The van der Waals surface area contributed by atoms with E-state index in [2.05, 4.69) is 15.9 Å². The van der Waals surface area contributed by atoms with Gasteiger partial charge in [-0.05, 0) is 42.9 Å². The van der Waals surface area contributed by atoms with E-state index in [0.29, 0.717) is 0 Å². The standard InChI is InChI=1S/C14H17BrO2S/c1-18-12-6-5-10(15)9-11(12)14(13(16)17)7-3-2-4-8-14/h5-6,9H,2-4,7-8H2,1H3,(H,16,17). The number of rotatable bonds is 3.